The van der Waals surface area contributed by atoms with E-state index < -0.39 is 10.4 Å². The minimum absolute atomic E-state index is 0. The van der Waals surface area contributed by atoms with Gasteiger partial charge in [-0.1, -0.05) is 194 Å². The SMILES string of the molecule is CCCCCCCCCCCCCCCCCCOS(=O)(=O)OCCCCCCCCCCCCCCCC.[KH]. The van der Waals surface area contributed by atoms with Crippen LogP contribution in [0.5, 0.6) is 0 Å². The Labute approximate surface area is 295 Å². The van der Waals surface area contributed by atoms with Crippen LogP contribution in [0.1, 0.15) is 206 Å². The van der Waals surface area contributed by atoms with Gasteiger partial charge >= 0.3 is 61.8 Å². The molecule has 0 amide bonds. The molecule has 0 aromatic heterocycles. The van der Waals surface area contributed by atoms with Gasteiger partial charge in [-0.15, -0.1) is 0 Å². The zero-order valence-corrected chi connectivity index (χ0v) is 27.5. The van der Waals surface area contributed by atoms with Crippen LogP contribution in [0.4, 0.5) is 0 Å². The predicted octanol–water partition coefficient (Wildman–Crippen LogP) is 11.4. The molecule has 0 unspecified atom stereocenters. The summed E-state index contributed by atoms with van der Waals surface area (Å²) in [7, 11) is -3.82. The number of rotatable bonds is 34. The van der Waals surface area contributed by atoms with Crippen molar-refractivity contribution in [3.63, 3.8) is 0 Å². The molecular weight excluding hydrogens is 544 g/mol. The maximum atomic E-state index is 11.9. The molecule has 0 aliphatic rings. The molecule has 0 aromatic carbocycles. The minimum atomic E-state index is -3.82. The Hall–Kier alpha value is 1.51. The third-order valence-corrected chi connectivity index (χ3v) is 8.86. The van der Waals surface area contributed by atoms with Gasteiger partial charge in [0.1, 0.15) is 0 Å². The summed E-state index contributed by atoms with van der Waals surface area (Å²) in [6, 6.07) is 0. The van der Waals surface area contributed by atoms with Crippen molar-refractivity contribution < 1.29 is 16.8 Å². The summed E-state index contributed by atoms with van der Waals surface area (Å²) in [6.45, 7) is 5.05. The van der Waals surface area contributed by atoms with Crippen LogP contribution in [0, 0.1) is 0 Å². The van der Waals surface area contributed by atoms with Gasteiger partial charge in [0.2, 0.25) is 0 Å². The maximum absolute atomic E-state index is 11.9. The van der Waals surface area contributed by atoms with Gasteiger partial charge in [-0.2, -0.15) is 8.42 Å². The second kappa shape index (κ2) is 36.7. The Kier molecular flexibility index (Phi) is 40.0. The van der Waals surface area contributed by atoms with Gasteiger partial charge in [-0.05, 0) is 12.8 Å². The second-order valence-electron chi connectivity index (χ2n) is 12.0. The van der Waals surface area contributed by atoms with Gasteiger partial charge in [0.05, 0.1) is 13.2 Å². The van der Waals surface area contributed by atoms with Crippen molar-refractivity contribution in [1.82, 2.24) is 0 Å². The first-order chi connectivity index (χ1) is 19.1. The molecule has 0 N–H and O–H groups in total. The summed E-state index contributed by atoms with van der Waals surface area (Å²) in [5.74, 6) is 0. The van der Waals surface area contributed by atoms with Crippen molar-refractivity contribution in [2.24, 2.45) is 0 Å². The van der Waals surface area contributed by atoms with E-state index in [9.17, 15) is 8.42 Å². The van der Waals surface area contributed by atoms with Crippen molar-refractivity contribution in [1.29, 1.82) is 0 Å². The average molecular weight is 615 g/mol. The topological polar surface area (TPSA) is 52.6 Å². The second-order valence-corrected chi connectivity index (χ2v) is 13.2. The predicted molar refractivity (Wildman–Crippen MR) is 178 cm³/mol. The van der Waals surface area contributed by atoms with Gasteiger partial charge in [0.25, 0.3) is 0 Å². The van der Waals surface area contributed by atoms with Crippen LogP contribution in [-0.4, -0.2) is 73.0 Å². The Morgan fingerprint density at radius 1 is 0.325 bits per heavy atom. The van der Waals surface area contributed by atoms with Crippen molar-refractivity contribution >= 4 is 61.8 Å². The number of hydrogen-bond donors (Lipinski definition) is 0. The Balaban J connectivity index is 0. The zero-order chi connectivity index (χ0) is 28.5. The van der Waals surface area contributed by atoms with Gasteiger partial charge in [0, 0.05) is 0 Å². The summed E-state index contributed by atoms with van der Waals surface area (Å²) in [4.78, 5) is 0. The molecule has 40 heavy (non-hydrogen) atoms. The van der Waals surface area contributed by atoms with E-state index >= 15 is 0 Å². The molecule has 0 spiro atoms. The fourth-order valence-corrected chi connectivity index (χ4v) is 6.01. The molecule has 0 aromatic rings. The Bertz CT molecular complexity index is 556. The molecule has 4 nitrogen and oxygen atoms in total. The van der Waals surface area contributed by atoms with Crippen molar-refractivity contribution in [2.75, 3.05) is 13.2 Å². The van der Waals surface area contributed by atoms with Crippen LogP contribution >= 0.6 is 0 Å². The number of hydrogen-bond acceptors (Lipinski definition) is 4. The van der Waals surface area contributed by atoms with E-state index in [0.29, 0.717) is 0 Å². The third kappa shape index (κ3) is 37.5. The van der Waals surface area contributed by atoms with Crippen LogP contribution in [0.2, 0.25) is 0 Å². The van der Waals surface area contributed by atoms with E-state index in [1.165, 1.54) is 167 Å². The molecule has 0 heterocycles. The van der Waals surface area contributed by atoms with E-state index in [2.05, 4.69) is 13.8 Å². The molecule has 0 rings (SSSR count). The Morgan fingerprint density at radius 3 is 0.700 bits per heavy atom. The van der Waals surface area contributed by atoms with Crippen LogP contribution < -0.4 is 0 Å². The molecule has 0 saturated carbocycles. The fourth-order valence-electron chi connectivity index (χ4n) is 5.30. The number of unbranched alkanes of at least 4 members (excludes halogenated alkanes) is 28. The third-order valence-electron chi connectivity index (χ3n) is 7.95. The summed E-state index contributed by atoms with van der Waals surface area (Å²) >= 11 is 0. The Morgan fingerprint density at radius 2 is 0.500 bits per heavy atom. The molecule has 6 heteroatoms. The molecule has 0 atom stereocenters. The van der Waals surface area contributed by atoms with Crippen LogP contribution in [0.25, 0.3) is 0 Å². The zero-order valence-electron chi connectivity index (χ0n) is 26.7. The molecule has 0 radical (unpaired) electrons. The summed E-state index contributed by atoms with van der Waals surface area (Å²) < 4.78 is 33.8. The van der Waals surface area contributed by atoms with E-state index in [0.717, 1.165) is 25.7 Å². The normalized spacial score (nSPS) is 11.7. The average Bonchev–Trinajstić information content (AvgIpc) is 2.92. The first-order valence-corrected chi connectivity index (χ1v) is 19.0. The molecular formula is C34H71KO4S. The molecule has 0 bridgehead atoms. The van der Waals surface area contributed by atoms with Crippen LogP contribution in [0.3, 0.4) is 0 Å². The van der Waals surface area contributed by atoms with E-state index in [1.807, 2.05) is 0 Å². The van der Waals surface area contributed by atoms with E-state index in [1.54, 1.807) is 0 Å². The van der Waals surface area contributed by atoms with Gasteiger partial charge < -0.3 is 0 Å². The first-order valence-electron chi connectivity index (χ1n) is 17.7. The van der Waals surface area contributed by atoms with Crippen LogP contribution in [0.15, 0.2) is 0 Å². The van der Waals surface area contributed by atoms with Gasteiger partial charge in [-0.25, -0.2) is 8.37 Å². The van der Waals surface area contributed by atoms with Crippen molar-refractivity contribution in [3.8, 4) is 0 Å². The fraction of sp³-hybridized carbons (Fsp3) is 1.00. The molecule has 0 aliphatic carbocycles. The summed E-state index contributed by atoms with van der Waals surface area (Å²) in [6.07, 6.45) is 38.9. The van der Waals surface area contributed by atoms with E-state index in [4.69, 9.17) is 8.37 Å². The van der Waals surface area contributed by atoms with Gasteiger partial charge in [0.15, 0.2) is 0 Å². The van der Waals surface area contributed by atoms with Crippen molar-refractivity contribution in [2.45, 2.75) is 206 Å². The van der Waals surface area contributed by atoms with Crippen LogP contribution in [-0.2, 0) is 18.8 Å². The molecule has 0 fully saturated rings. The molecule has 238 valence electrons. The molecule has 0 aliphatic heterocycles. The summed E-state index contributed by atoms with van der Waals surface area (Å²) in [5.41, 5.74) is 0. The molecule has 0 saturated heterocycles. The first kappa shape index (κ1) is 43.6. The quantitative estimate of drug-likeness (QED) is 0.0534. The van der Waals surface area contributed by atoms with E-state index in [-0.39, 0.29) is 64.6 Å². The monoisotopic (exact) mass is 614 g/mol. The summed E-state index contributed by atoms with van der Waals surface area (Å²) in [5, 5.41) is 0. The standard InChI is InChI=1S/C34H70O4S.K.H/c1-3-5-7-9-11-13-15-17-19-20-22-24-26-28-30-32-34-38-39(35,36)37-33-31-29-27-25-23-21-18-16-14-12-10-8-6-4-2;;/h3-34H2,1-2H3;;. The van der Waals surface area contributed by atoms with Crippen molar-refractivity contribution in [3.05, 3.63) is 0 Å². The van der Waals surface area contributed by atoms with Gasteiger partial charge in [-0.3, -0.25) is 0 Å².